The molecule has 0 aliphatic carbocycles. The largest absolute Gasteiger partial charge is 0.421 e. The molecule has 0 heterocycles. The minimum Gasteiger partial charge on any atom is -0.421 e. The summed E-state index contributed by atoms with van der Waals surface area (Å²) in [5, 5.41) is 0. The maximum absolute atomic E-state index is 11.8. The number of carbonyl (C=O) groups excluding carboxylic acids is 1. The average molecular weight is 242 g/mol. The molecule has 4 heteroatoms. The number of esters is 1. The number of rotatable bonds is 2. The third kappa shape index (κ3) is 2.60. The monoisotopic (exact) mass is 242 g/mol. The molecule has 0 atom stereocenters. The van der Waals surface area contributed by atoms with Crippen molar-refractivity contribution in [2.45, 2.75) is 6.92 Å². The molecule has 0 spiro atoms. The lowest BCUT2D eigenvalue weighted by molar-refractivity contribution is 0.0736. The molecule has 18 heavy (non-hydrogen) atoms. The van der Waals surface area contributed by atoms with E-state index in [1.54, 1.807) is 36.4 Å². The Morgan fingerprint density at radius 3 is 2.33 bits per heavy atom. The van der Waals surface area contributed by atoms with Gasteiger partial charge in [0.05, 0.1) is 11.3 Å². The molecule has 0 fully saturated rings. The number of benzene rings is 2. The first-order chi connectivity index (χ1) is 8.56. The van der Waals surface area contributed by atoms with Crippen LogP contribution in [0, 0.1) is 6.92 Å². The van der Waals surface area contributed by atoms with Crippen LogP contribution >= 0.6 is 0 Å². The fourth-order valence-corrected chi connectivity index (χ4v) is 1.54. The molecule has 2 aromatic rings. The number of nitrogen functional groups attached to an aromatic ring is 2. The first-order valence-electron chi connectivity index (χ1n) is 5.50. The van der Waals surface area contributed by atoms with Crippen molar-refractivity contribution in [3.63, 3.8) is 0 Å². The highest BCUT2D eigenvalue weighted by Gasteiger charge is 2.10. The van der Waals surface area contributed by atoms with Crippen molar-refractivity contribution in [1.29, 1.82) is 0 Å². The molecule has 0 amide bonds. The molecule has 0 aliphatic heterocycles. The fourth-order valence-electron chi connectivity index (χ4n) is 1.54. The maximum Gasteiger partial charge on any atom is 0.343 e. The van der Waals surface area contributed by atoms with E-state index in [1.807, 2.05) is 13.0 Å². The van der Waals surface area contributed by atoms with E-state index in [0.29, 0.717) is 22.7 Å². The Balaban J connectivity index is 2.18. The quantitative estimate of drug-likeness (QED) is 0.481. The zero-order valence-electron chi connectivity index (χ0n) is 10.0. The van der Waals surface area contributed by atoms with E-state index in [1.165, 1.54) is 0 Å². The molecule has 0 unspecified atom stereocenters. The highest BCUT2D eigenvalue weighted by Crippen LogP contribution is 2.23. The molecule has 2 rings (SSSR count). The second-order valence-corrected chi connectivity index (χ2v) is 4.05. The van der Waals surface area contributed by atoms with Crippen LogP contribution in [-0.4, -0.2) is 5.97 Å². The summed E-state index contributed by atoms with van der Waals surface area (Å²) in [5.41, 5.74) is 13.8. The Morgan fingerprint density at radius 2 is 1.72 bits per heavy atom. The normalized spacial score (nSPS) is 10.1. The van der Waals surface area contributed by atoms with Crippen LogP contribution in [0.25, 0.3) is 0 Å². The Hall–Kier alpha value is -2.49. The zero-order valence-corrected chi connectivity index (χ0v) is 10.0. The highest BCUT2D eigenvalue weighted by molar-refractivity contribution is 5.92. The number of anilines is 2. The Morgan fingerprint density at radius 1 is 1.06 bits per heavy atom. The zero-order chi connectivity index (χ0) is 13.1. The van der Waals surface area contributed by atoms with Gasteiger partial charge in [-0.1, -0.05) is 6.07 Å². The number of carbonyl (C=O) groups is 1. The predicted octanol–water partition coefficient (Wildman–Crippen LogP) is 2.38. The smallest absolute Gasteiger partial charge is 0.343 e. The van der Waals surface area contributed by atoms with Crippen LogP contribution in [0.3, 0.4) is 0 Å². The summed E-state index contributed by atoms with van der Waals surface area (Å²) >= 11 is 0. The third-order valence-corrected chi connectivity index (χ3v) is 2.51. The van der Waals surface area contributed by atoms with Crippen LogP contribution < -0.4 is 16.2 Å². The van der Waals surface area contributed by atoms with Gasteiger partial charge in [-0.05, 0) is 48.9 Å². The molecule has 2 aromatic carbocycles. The van der Waals surface area contributed by atoms with Crippen molar-refractivity contribution in [2.75, 3.05) is 11.5 Å². The lowest BCUT2D eigenvalue weighted by Gasteiger charge is -2.07. The van der Waals surface area contributed by atoms with Crippen LogP contribution in [0.1, 0.15) is 15.9 Å². The second-order valence-electron chi connectivity index (χ2n) is 4.05. The van der Waals surface area contributed by atoms with Crippen molar-refractivity contribution in [3.8, 4) is 5.75 Å². The van der Waals surface area contributed by atoms with Crippen molar-refractivity contribution < 1.29 is 9.53 Å². The molecule has 0 aromatic heterocycles. The van der Waals surface area contributed by atoms with Crippen molar-refractivity contribution in [3.05, 3.63) is 53.6 Å². The van der Waals surface area contributed by atoms with Gasteiger partial charge in [-0.15, -0.1) is 0 Å². The van der Waals surface area contributed by atoms with Gasteiger partial charge in [0, 0.05) is 5.69 Å². The lowest BCUT2D eigenvalue weighted by atomic mass is 10.2. The summed E-state index contributed by atoms with van der Waals surface area (Å²) in [6.07, 6.45) is 0. The van der Waals surface area contributed by atoms with Crippen LogP contribution in [0.5, 0.6) is 5.75 Å². The van der Waals surface area contributed by atoms with Crippen molar-refractivity contribution >= 4 is 17.3 Å². The lowest BCUT2D eigenvalue weighted by Crippen LogP contribution is -2.09. The molecule has 4 nitrogen and oxygen atoms in total. The fraction of sp³-hybridized carbons (Fsp3) is 0.0714. The van der Waals surface area contributed by atoms with Gasteiger partial charge in [-0.3, -0.25) is 0 Å². The van der Waals surface area contributed by atoms with E-state index in [-0.39, 0.29) is 0 Å². The third-order valence-electron chi connectivity index (χ3n) is 2.51. The molecular weight excluding hydrogens is 228 g/mol. The number of hydrogen-bond donors (Lipinski definition) is 2. The van der Waals surface area contributed by atoms with Crippen LogP contribution in [-0.2, 0) is 0 Å². The van der Waals surface area contributed by atoms with Gasteiger partial charge in [0.1, 0.15) is 0 Å². The Bertz CT molecular complexity index is 577. The van der Waals surface area contributed by atoms with Crippen molar-refractivity contribution in [2.24, 2.45) is 0 Å². The molecular formula is C14H14N2O2. The number of nitrogens with two attached hydrogens (primary N) is 2. The summed E-state index contributed by atoms with van der Waals surface area (Å²) < 4.78 is 5.22. The molecule has 0 saturated carbocycles. The molecule has 0 saturated heterocycles. The molecule has 0 radical (unpaired) electrons. The van der Waals surface area contributed by atoms with Gasteiger partial charge in [0.2, 0.25) is 0 Å². The van der Waals surface area contributed by atoms with Gasteiger partial charge >= 0.3 is 5.97 Å². The van der Waals surface area contributed by atoms with Gasteiger partial charge in [0.25, 0.3) is 0 Å². The summed E-state index contributed by atoms with van der Waals surface area (Å²) in [4.78, 5) is 11.8. The standard InChI is InChI=1S/C14H14N2O2/c1-9-2-7-13(12(16)8-9)18-14(17)10-3-5-11(15)6-4-10/h2-8H,15-16H2,1H3. The number of ether oxygens (including phenoxy) is 1. The van der Waals surface area contributed by atoms with Crippen LogP contribution in [0.4, 0.5) is 11.4 Å². The van der Waals surface area contributed by atoms with E-state index >= 15 is 0 Å². The van der Waals surface area contributed by atoms with E-state index in [4.69, 9.17) is 16.2 Å². The topological polar surface area (TPSA) is 78.3 Å². The van der Waals surface area contributed by atoms with E-state index in [9.17, 15) is 4.79 Å². The summed E-state index contributed by atoms with van der Waals surface area (Å²) in [7, 11) is 0. The number of aryl methyl sites for hydroxylation is 1. The van der Waals surface area contributed by atoms with Crippen LogP contribution in [0.15, 0.2) is 42.5 Å². The molecule has 0 aliphatic rings. The Labute approximate surface area is 105 Å². The van der Waals surface area contributed by atoms with E-state index < -0.39 is 5.97 Å². The van der Waals surface area contributed by atoms with Crippen molar-refractivity contribution in [1.82, 2.24) is 0 Å². The Kier molecular flexibility index (Phi) is 3.19. The molecule has 4 N–H and O–H groups in total. The summed E-state index contributed by atoms with van der Waals surface area (Å²) in [6.45, 7) is 1.92. The first-order valence-corrected chi connectivity index (χ1v) is 5.50. The molecule has 0 bridgehead atoms. The van der Waals surface area contributed by atoms with Gasteiger partial charge in [-0.25, -0.2) is 4.79 Å². The van der Waals surface area contributed by atoms with Gasteiger partial charge < -0.3 is 16.2 Å². The second kappa shape index (κ2) is 4.79. The SMILES string of the molecule is Cc1ccc(OC(=O)c2ccc(N)cc2)c(N)c1. The van der Waals surface area contributed by atoms with Crippen LogP contribution in [0.2, 0.25) is 0 Å². The van der Waals surface area contributed by atoms with Gasteiger partial charge in [0.15, 0.2) is 5.75 Å². The summed E-state index contributed by atoms with van der Waals surface area (Å²) in [6, 6.07) is 11.8. The minimum absolute atomic E-state index is 0.363. The molecule has 92 valence electrons. The number of hydrogen-bond acceptors (Lipinski definition) is 4. The minimum atomic E-state index is -0.453. The maximum atomic E-state index is 11.8. The van der Waals surface area contributed by atoms with E-state index in [0.717, 1.165) is 5.56 Å². The summed E-state index contributed by atoms with van der Waals surface area (Å²) in [5.74, 6) is -0.0898. The first kappa shape index (κ1) is 12.0. The van der Waals surface area contributed by atoms with E-state index in [2.05, 4.69) is 0 Å². The predicted molar refractivity (Wildman–Crippen MR) is 71.4 cm³/mol. The highest BCUT2D eigenvalue weighted by atomic mass is 16.5. The average Bonchev–Trinajstić information content (AvgIpc) is 2.33. The van der Waals surface area contributed by atoms with Gasteiger partial charge in [-0.2, -0.15) is 0 Å².